The molecule has 1 spiro atoms. The number of benzene rings is 2. The van der Waals surface area contributed by atoms with E-state index in [4.69, 9.17) is 18.7 Å². The second-order valence-corrected chi connectivity index (χ2v) is 10.9. The van der Waals surface area contributed by atoms with Gasteiger partial charge < -0.3 is 39.0 Å². The first-order valence-corrected chi connectivity index (χ1v) is 13.3. The van der Waals surface area contributed by atoms with Crippen LogP contribution in [0.2, 0.25) is 0 Å². The average molecular weight is 546 g/mol. The molecular formula is C29H31N5O6. The van der Waals surface area contributed by atoms with Crippen molar-refractivity contribution >= 4 is 22.6 Å². The van der Waals surface area contributed by atoms with E-state index in [-0.39, 0.29) is 30.9 Å². The highest BCUT2D eigenvalue weighted by Crippen LogP contribution is 2.49. The van der Waals surface area contributed by atoms with Gasteiger partial charge in [0, 0.05) is 54.3 Å². The van der Waals surface area contributed by atoms with Gasteiger partial charge in [-0.1, -0.05) is 11.2 Å². The van der Waals surface area contributed by atoms with Crippen LogP contribution >= 0.6 is 0 Å². The SMILES string of the molecule is COc1ccc2c3c([nH]c2c1)[C@H](CO)N(Cc1ccc2c(c1)OCO2)CC31CN(C(=O)Nc2c(C)noc2C)C1. The summed E-state index contributed by atoms with van der Waals surface area (Å²) < 4.78 is 21.8. The molecule has 2 amide bonds. The van der Waals surface area contributed by atoms with Crippen LogP contribution in [0.25, 0.3) is 10.9 Å². The summed E-state index contributed by atoms with van der Waals surface area (Å²) in [7, 11) is 1.65. The van der Waals surface area contributed by atoms with Crippen molar-refractivity contribution in [1.29, 1.82) is 0 Å². The Kier molecular flexibility index (Phi) is 5.69. The third-order valence-corrected chi connectivity index (χ3v) is 8.38. The van der Waals surface area contributed by atoms with Crippen LogP contribution in [0, 0.1) is 13.8 Å². The number of likely N-dealkylation sites (tertiary alicyclic amines) is 1. The molecule has 7 rings (SSSR count). The summed E-state index contributed by atoms with van der Waals surface area (Å²) in [5.41, 5.74) is 5.08. The van der Waals surface area contributed by atoms with Crippen molar-refractivity contribution in [2.45, 2.75) is 31.8 Å². The summed E-state index contributed by atoms with van der Waals surface area (Å²) in [6.45, 7) is 6.10. The van der Waals surface area contributed by atoms with Crippen molar-refractivity contribution in [3.63, 3.8) is 0 Å². The number of nitrogens with zero attached hydrogens (tertiary/aromatic N) is 3. The Bertz CT molecular complexity index is 1600. The van der Waals surface area contributed by atoms with Crippen LogP contribution < -0.4 is 19.5 Å². The molecular weight excluding hydrogens is 514 g/mol. The quantitative estimate of drug-likeness (QED) is 0.346. The number of rotatable bonds is 5. The van der Waals surface area contributed by atoms with E-state index < -0.39 is 0 Å². The number of carbonyl (C=O) groups is 1. The van der Waals surface area contributed by atoms with Crippen molar-refractivity contribution in [1.82, 2.24) is 19.9 Å². The average Bonchev–Trinajstić information content (AvgIpc) is 3.64. The summed E-state index contributed by atoms with van der Waals surface area (Å²) >= 11 is 0. The molecule has 0 unspecified atom stereocenters. The molecule has 11 nitrogen and oxygen atoms in total. The number of aryl methyl sites for hydroxylation is 2. The van der Waals surface area contributed by atoms with Gasteiger partial charge in [0.05, 0.1) is 19.8 Å². The molecule has 40 heavy (non-hydrogen) atoms. The fourth-order valence-electron chi connectivity index (χ4n) is 6.49. The maximum Gasteiger partial charge on any atom is 0.322 e. The fraction of sp³-hybridized carbons (Fsp3) is 0.379. The molecule has 0 aliphatic carbocycles. The number of hydrogen-bond acceptors (Lipinski definition) is 8. The van der Waals surface area contributed by atoms with Gasteiger partial charge in [0.2, 0.25) is 6.79 Å². The Morgan fingerprint density at radius 1 is 1.18 bits per heavy atom. The largest absolute Gasteiger partial charge is 0.497 e. The lowest BCUT2D eigenvalue weighted by molar-refractivity contribution is 0.0124. The van der Waals surface area contributed by atoms with E-state index in [0.717, 1.165) is 45.0 Å². The maximum absolute atomic E-state index is 13.3. The monoisotopic (exact) mass is 545 g/mol. The number of H-pyrrole nitrogens is 1. The maximum atomic E-state index is 13.3. The number of aromatic amines is 1. The van der Waals surface area contributed by atoms with Gasteiger partial charge in [0.15, 0.2) is 17.3 Å². The third-order valence-electron chi connectivity index (χ3n) is 8.38. The van der Waals surface area contributed by atoms with Crippen molar-refractivity contribution in [3.8, 4) is 17.2 Å². The molecule has 2 aromatic carbocycles. The minimum absolute atomic E-state index is 0.0478. The zero-order valence-electron chi connectivity index (χ0n) is 22.6. The fourth-order valence-corrected chi connectivity index (χ4v) is 6.49. The summed E-state index contributed by atoms with van der Waals surface area (Å²) in [5.74, 6) is 2.80. The molecule has 208 valence electrons. The standard InChI is InChI=1S/C29H31N5O6/c1-16-26(17(2)40-32-16)31-28(36)34-13-29(14-34)12-33(10-18-4-7-23-24(8-18)39-15-38-23)22(11-35)27-25(29)20-6-5-19(37-3)9-21(20)30-27/h4-9,22,30,35H,10-15H2,1-3H3,(H,31,36)/t22-/m0/s1. The van der Waals surface area contributed by atoms with Crippen LogP contribution in [-0.4, -0.2) is 71.2 Å². The highest BCUT2D eigenvalue weighted by Gasteiger charge is 2.54. The van der Waals surface area contributed by atoms with Crippen LogP contribution in [-0.2, 0) is 12.0 Å². The predicted molar refractivity (Wildman–Crippen MR) is 146 cm³/mol. The van der Waals surface area contributed by atoms with E-state index >= 15 is 0 Å². The Hall–Kier alpha value is -4.22. The number of carbonyl (C=O) groups excluding carboxylic acids is 1. The second-order valence-electron chi connectivity index (χ2n) is 10.9. The molecule has 0 saturated carbocycles. The van der Waals surface area contributed by atoms with Gasteiger partial charge in [-0.15, -0.1) is 0 Å². The minimum atomic E-state index is -0.319. The van der Waals surface area contributed by atoms with Crippen LogP contribution in [0.15, 0.2) is 40.9 Å². The molecule has 4 aromatic rings. The Balaban J connectivity index is 1.24. The van der Waals surface area contributed by atoms with E-state index in [2.05, 4.69) is 26.4 Å². The minimum Gasteiger partial charge on any atom is -0.497 e. The predicted octanol–water partition coefficient (Wildman–Crippen LogP) is 3.84. The number of hydrogen-bond donors (Lipinski definition) is 3. The number of fused-ring (bicyclic) bond motifs is 5. The van der Waals surface area contributed by atoms with Crippen LogP contribution in [0.3, 0.4) is 0 Å². The smallest absolute Gasteiger partial charge is 0.322 e. The molecule has 3 aliphatic heterocycles. The van der Waals surface area contributed by atoms with Gasteiger partial charge in [-0.25, -0.2) is 4.79 Å². The van der Waals surface area contributed by atoms with Gasteiger partial charge in [0.1, 0.15) is 17.1 Å². The summed E-state index contributed by atoms with van der Waals surface area (Å²) in [6.07, 6.45) is 0. The van der Waals surface area contributed by atoms with Crippen molar-refractivity contribution in [2.75, 3.05) is 45.5 Å². The number of amides is 2. The van der Waals surface area contributed by atoms with Gasteiger partial charge >= 0.3 is 6.03 Å². The molecule has 1 saturated heterocycles. The molecule has 0 radical (unpaired) electrons. The van der Waals surface area contributed by atoms with E-state index in [1.165, 1.54) is 0 Å². The molecule has 0 bridgehead atoms. The van der Waals surface area contributed by atoms with Crippen molar-refractivity contribution in [2.24, 2.45) is 0 Å². The molecule has 3 aliphatic rings. The third kappa shape index (κ3) is 3.80. The highest BCUT2D eigenvalue weighted by molar-refractivity contribution is 5.93. The molecule has 2 aromatic heterocycles. The Morgan fingerprint density at radius 2 is 2.00 bits per heavy atom. The lowest BCUT2D eigenvalue weighted by atomic mass is 9.68. The van der Waals surface area contributed by atoms with E-state index in [1.54, 1.807) is 21.0 Å². The Morgan fingerprint density at radius 3 is 2.75 bits per heavy atom. The van der Waals surface area contributed by atoms with Gasteiger partial charge in [-0.2, -0.15) is 0 Å². The van der Waals surface area contributed by atoms with E-state index in [9.17, 15) is 9.90 Å². The van der Waals surface area contributed by atoms with Gasteiger partial charge in [0.25, 0.3) is 0 Å². The zero-order valence-corrected chi connectivity index (χ0v) is 22.6. The number of urea groups is 1. The highest BCUT2D eigenvalue weighted by atomic mass is 16.7. The van der Waals surface area contributed by atoms with Gasteiger partial charge in [-0.05, 0) is 49.2 Å². The number of ether oxygens (including phenoxy) is 3. The van der Waals surface area contributed by atoms with Gasteiger partial charge in [-0.3, -0.25) is 4.90 Å². The van der Waals surface area contributed by atoms with Crippen LogP contribution in [0.1, 0.15) is 34.3 Å². The molecule has 1 fully saturated rings. The molecule has 11 heteroatoms. The van der Waals surface area contributed by atoms with E-state index in [1.807, 2.05) is 35.2 Å². The number of aliphatic hydroxyl groups is 1. The first-order valence-electron chi connectivity index (χ1n) is 13.3. The summed E-state index contributed by atoms with van der Waals surface area (Å²) in [5, 5.41) is 18.6. The first kappa shape index (κ1) is 24.8. The van der Waals surface area contributed by atoms with Crippen molar-refractivity contribution < 1.29 is 28.6 Å². The zero-order chi connectivity index (χ0) is 27.6. The molecule has 5 heterocycles. The van der Waals surface area contributed by atoms with Crippen LogP contribution in [0.4, 0.5) is 10.5 Å². The summed E-state index contributed by atoms with van der Waals surface area (Å²) in [6, 6.07) is 11.5. The number of nitrogens with one attached hydrogen (secondary N) is 2. The van der Waals surface area contributed by atoms with Crippen molar-refractivity contribution in [3.05, 3.63) is 64.7 Å². The topological polar surface area (TPSA) is 125 Å². The normalized spacial score (nSPS) is 19.1. The first-order chi connectivity index (χ1) is 19.4. The number of methoxy groups -OCH3 is 1. The second kappa shape index (κ2) is 9.17. The number of anilines is 1. The lowest BCUT2D eigenvalue weighted by Crippen LogP contribution is -2.68. The Labute approximate surface area is 230 Å². The molecule has 1 atom stereocenters. The van der Waals surface area contributed by atoms with E-state index in [0.29, 0.717) is 43.3 Å². The summed E-state index contributed by atoms with van der Waals surface area (Å²) in [4.78, 5) is 21.0. The number of aromatic nitrogens is 2. The lowest BCUT2D eigenvalue weighted by Gasteiger charge is -2.56. The number of aliphatic hydroxyl groups excluding tert-OH is 1. The molecule has 3 N–H and O–H groups in total. The van der Waals surface area contributed by atoms with Crippen LogP contribution in [0.5, 0.6) is 17.2 Å².